The predicted molar refractivity (Wildman–Crippen MR) is 184 cm³/mol. The van der Waals surface area contributed by atoms with Crippen LogP contribution in [0.2, 0.25) is 0 Å². The van der Waals surface area contributed by atoms with Crippen molar-refractivity contribution in [2.24, 2.45) is 11.7 Å². The fraction of sp³-hybridized carbons (Fsp3) is 0.722. The van der Waals surface area contributed by atoms with E-state index in [0.29, 0.717) is 32.4 Å². The zero-order chi connectivity index (χ0) is 35.2. The Balaban J connectivity index is 2.30. The highest BCUT2D eigenvalue weighted by atomic mass is 16.3. The summed E-state index contributed by atoms with van der Waals surface area (Å²) in [6.45, 7) is 5.32. The van der Waals surface area contributed by atoms with Gasteiger partial charge in [-0.25, -0.2) is 0 Å². The van der Waals surface area contributed by atoms with E-state index in [9.17, 15) is 46.0 Å². The molecule has 0 heterocycles. The molecule has 10 atom stereocenters. The van der Waals surface area contributed by atoms with E-state index in [1.165, 1.54) is 12.2 Å². The van der Waals surface area contributed by atoms with Crippen molar-refractivity contribution in [3.63, 3.8) is 0 Å². The van der Waals surface area contributed by atoms with Gasteiger partial charge in [-0.15, -0.1) is 0 Å². The first-order valence-corrected chi connectivity index (χ1v) is 17.2. The maximum atomic E-state index is 10.6. The van der Waals surface area contributed by atoms with Gasteiger partial charge in [-0.3, -0.25) is 0 Å². The second-order valence-corrected chi connectivity index (χ2v) is 13.3. The monoisotopic (exact) mass is 668 g/mol. The summed E-state index contributed by atoms with van der Waals surface area (Å²) in [5.41, 5.74) is 6.57. The Morgan fingerprint density at radius 1 is 0.596 bits per heavy atom. The minimum atomic E-state index is -1.01. The standard InChI is InChI=1S/C36H64N2O9/c1-25(2)36(38-24-26-9-4-3-5-10-26)23-35(47)22-34(46)20-30(42)14-7-13-29(41)19-33(45)21-32(44)18-28(40)12-6-11-27(39)17-31(43)15-8-16-37/h3-7,9-10,12,14,25,27-36,38-47H,8,11,13,15-24,37H2,1-2H3. The molecule has 47 heavy (non-hydrogen) atoms. The third-order valence-electron chi connectivity index (χ3n) is 8.22. The van der Waals surface area contributed by atoms with Crippen LogP contribution in [0.1, 0.15) is 90.0 Å². The Hall–Kier alpha value is -1.74. The molecule has 0 radical (unpaired) electrons. The smallest absolute Gasteiger partial charge is 0.0745 e. The number of benzene rings is 1. The van der Waals surface area contributed by atoms with Crippen LogP contribution in [0, 0.1) is 5.92 Å². The average Bonchev–Trinajstić information content (AvgIpc) is 2.98. The van der Waals surface area contributed by atoms with Crippen LogP contribution in [0.15, 0.2) is 54.6 Å². The van der Waals surface area contributed by atoms with Gasteiger partial charge in [-0.1, -0.05) is 68.5 Å². The lowest BCUT2D eigenvalue weighted by Crippen LogP contribution is -2.37. The second-order valence-electron chi connectivity index (χ2n) is 13.3. The van der Waals surface area contributed by atoms with Crippen molar-refractivity contribution >= 4 is 0 Å². The van der Waals surface area contributed by atoms with E-state index in [0.717, 1.165) is 5.56 Å². The van der Waals surface area contributed by atoms with E-state index in [1.54, 1.807) is 12.2 Å². The van der Waals surface area contributed by atoms with E-state index in [-0.39, 0.29) is 63.3 Å². The average molecular weight is 669 g/mol. The van der Waals surface area contributed by atoms with E-state index >= 15 is 0 Å². The Morgan fingerprint density at radius 2 is 1.04 bits per heavy atom. The molecule has 12 N–H and O–H groups in total. The lowest BCUT2D eigenvalue weighted by molar-refractivity contribution is 0.0260. The molecule has 11 nitrogen and oxygen atoms in total. The minimum absolute atomic E-state index is 0.00769. The van der Waals surface area contributed by atoms with Gasteiger partial charge in [0.25, 0.3) is 0 Å². The maximum absolute atomic E-state index is 10.6. The highest BCUT2D eigenvalue weighted by Crippen LogP contribution is 2.17. The Bertz CT molecular complexity index is 952. The normalized spacial score (nSPS) is 19.0. The molecular formula is C36H64N2O9. The van der Waals surface area contributed by atoms with Gasteiger partial charge in [0.05, 0.1) is 54.9 Å². The molecule has 11 heteroatoms. The fourth-order valence-electron chi connectivity index (χ4n) is 5.53. The van der Waals surface area contributed by atoms with Crippen molar-refractivity contribution in [3.8, 4) is 0 Å². The molecule has 0 amide bonds. The molecule has 0 bridgehead atoms. The molecule has 272 valence electrons. The van der Waals surface area contributed by atoms with Gasteiger partial charge in [0.1, 0.15) is 0 Å². The maximum Gasteiger partial charge on any atom is 0.0745 e. The summed E-state index contributed by atoms with van der Waals surface area (Å²) >= 11 is 0. The summed E-state index contributed by atoms with van der Waals surface area (Å²) in [5, 5.41) is 95.6. The highest BCUT2D eigenvalue weighted by molar-refractivity contribution is 5.14. The van der Waals surface area contributed by atoms with Crippen molar-refractivity contribution in [2.45, 2.75) is 152 Å². The van der Waals surface area contributed by atoms with Gasteiger partial charge in [-0.05, 0) is 75.8 Å². The molecule has 1 aromatic carbocycles. The first kappa shape index (κ1) is 43.3. The number of hydrogen-bond acceptors (Lipinski definition) is 11. The van der Waals surface area contributed by atoms with Gasteiger partial charge < -0.3 is 57.0 Å². The van der Waals surface area contributed by atoms with Gasteiger partial charge in [-0.2, -0.15) is 0 Å². The highest BCUT2D eigenvalue weighted by Gasteiger charge is 2.22. The van der Waals surface area contributed by atoms with Crippen LogP contribution in [-0.2, 0) is 6.54 Å². The van der Waals surface area contributed by atoms with Crippen molar-refractivity contribution in [3.05, 3.63) is 60.2 Å². The second kappa shape index (κ2) is 25.3. The zero-order valence-corrected chi connectivity index (χ0v) is 28.3. The Kier molecular flexibility index (Phi) is 23.3. The lowest BCUT2D eigenvalue weighted by atomic mass is 9.94. The van der Waals surface area contributed by atoms with E-state index < -0.39 is 54.9 Å². The van der Waals surface area contributed by atoms with Crippen LogP contribution in [0.5, 0.6) is 0 Å². The van der Waals surface area contributed by atoms with Crippen molar-refractivity contribution in [1.82, 2.24) is 5.32 Å². The molecule has 0 aliphatic rings. The van der Waals surface area contributed by atoms with E-state index in [4.69, 9.17) is 5.73 Å². The molecule has 0 fully saturated rings. The summed E-state index contributed by atoms with van der Waals surface area (Å²) in [4.78, 5) is 0. The van der Waals surface area contributed by atoms with Crippen LogP contribution < -0.4 is 11.1 Å². The Labute approximate surface area is 281 Å². The summed E-state index contributed by atoms with van der Waals surface area (Å²) in [5.74, 6) is 0.283. The molecule has 0 saturated carbocycles. The molecule has 10 unspecified atom stereocenters. The SMILES string of the molecule is CC(C)C(CC(O)CC(O)CC(O)C=CCC(O)CC(O)CC(O)CC(O)C=CCC(O)CC(O)CCCN)NCc1ccccc1. The molecule has 1 rings (SSSR count). The van der Waals surface area contributed by atoms with Crippen molar-refractivity contribution in [2.75, 3.05) is 6.54 Å². The van der Waals surface area contributed by atoms with Gasteiger partial charge >= 0.3 is 0 Å². The summed E-state index contributed by atoms with van der Waals surface area (Å²) < 4.78 is 0. The minimum Gasteiger partial charge on any atom is -0.393 e. The largest absolute Gasteiger partial charge is 0.393 e. The van der Waals surface area contributed by atoms with Crippen molar-refractivity contribution < 1.29 is 46.0 Å². The number of aliphatic hydroxyl groups excluding tert-OH is 9. The topological polar surface area (TPSA) is 220 Å². The Morgan fingerprint density at radius 3 is 1.53 bits per heavy atom. The zero-order valence-electron chi connectivity index (χ0n) is 28.3. The molecule has 0 saturated heterocycles. The summed E-state index contributed by atoms with van der Waals surface area (Å²) in [7, 11) is 0. The van der Waals surface area contributed by atoms with Crippen LogP contribution in [0.3, 0.4) is 0 Å². The number of rotatable bonds is 27. The van der Waals surface area contributed by atoms with Gasteiger partial charge in [0.2, 0.25) is 0 Å². The van der Waals surface area contributed by atoms with Crippen LogP contribution in [0.4, 0.5) is 0 Å². The third-order valence-corrected chi connectivity index (χ3v) is 8.22. The summed E-state index contributed by atoms with van der Waals surface area (Å²) in [6.07, 6.45) is 0.542. The van der Waals surface area contributed by atoms with E-state index in [2.05, 4.69) is 19.2 Å². The number of nitrogens with one attached hydrogen (secondary N) is 1. The summed E-state index contributed by atoms with van der Waals surface area (Å²) in [6, 6.07) is 10.1. The molecule has 0 aliphatic carbocycles. The van der Waals surface area contributed by atoms with Gasteiger partial charge in [0, 0.05) is 25.4 Å². The van der Waals surface area contributed by atoms with E-state index in [1.807, 2.05) is 30.3 Å². The molecule has 0 aliphatic heterocycles. The fourth-order valence-corrected chi connectivity index (χ4v) is 5.53. The number of hydrogen-bond donors (Lipinski definition) is 11. The van der Waals surface area contributed by atoms with Crippen LogP contribution >= 0.6 is 0 Å². The molecule has 1 aromatic rings. The number of aliphatic hydroxyl groups is 9. The van der Waals surface area contributed by atoms with Crippen LogP contribution in [-0.4, -0.2) is 113 Å². The number of nitrogens with two attached hydrogens (primary N) is 1. The molecule has 0 aromatic heterocycles. The van der Waals surface area contributed by atoms with Crippen molar-refractivity contribution in [1.29, 1.82) is 0 Å². The van der Waals surface area contributed by atoms with Gasteiger partial charge in [0.15, 0.2) is 0 Å². The first-order valence-electron chi connectivity index (χ1n) is 17.2. The molecule has 0 spiro atoms. The quantitative estimate of drug-likeness (QED) is 0.0602. The third kappa shape index (κ3) is 22.5. The predicted octanol–water partition coefficient (Wildman–Crippen LogP) is 1.41. The lowest BCUT2D eigenvalue weighted by Gasteiger charge is -2.26. The van der Waals surface area contributed by atoms with Crippen LogP contribution in [0.25, 0.3) is 0 Å². The first-order chi connectivity index (χ1) is 22.3. The molecular weight excluding hydrogens is 604 g/mol.